The van der Waals surface area contributed by atoms with Crippen molar-refractivity contribution in [1.29, 1.82) is 0 Å². The molecule has 0 fully saturated rings. The van der Waals surface area contributed by atoms with Crippen LogP contribution in [-0.2, 0) is 13.0 Å². The molecule has 0 atom stereocenters. The van der Waals surface area contributed by atoms with E-state index in [9.17, 15) is 0 Å². The fraction of sp³-hybridized carbons (Fsp3) is 0.571. The van der Waals surface area contributed by atoms with Gasteiger partial charge in [-0.25, -0.2) is 0 Å². The predicted octanol–water partition coefficient (Wildman–Crippen LogP) is 2.09. The molecule has 4 nitrogen and oxygen atoms in total. The Kier molecular flexibility index (Phi) is 3.97. The van der Waals surface area contributed by atoms with Gasteiger partial charge in [0.25, 0.3) is 0 Å². The molecule has 0 aliphatic carbocycles. The summed E-state index contributed by atoms with van der Waals surface area (Å²) < 4.78 is 16.3. The molecule has 1 aliphatic heterocycles. The normalized spacial score (nSPS) is 15.1. The van der Waals surface area contributed by atoms with E-state index in [-0.39, 0.29) is 0 Å². The Hall–Kier alpha value is -1.42. The third-order valence-electron chi connectivity index (χ3n) is 3.54. The molecule has 18 heavy (non-hydrogen) atoms. The summed E-state index contributed by atoms with van der Waals surface area (Å²) in [4.78, 5) is 2.41. The van der Waals surface area contributed by atoms with E-state index in [1.54, 1.807) is 21.3 Å². The van der Waals surface area contributed by atoms with Crippen molar-refractivity contribution < 1.29 is 14.2 Å². The zero-order valence-electron chi connectivity index (χ0n) is 11.6. The van der Waals surface area contributed by atoms with Gasteiger partial charge in [0.15, 0.2) is 11.5 Å². The summed E-state index contributed by atoms with van der Waals surface area (Å²) in [6, 6.07) is 2.07. The summed E-state index contributed by atoms with van der Waals surface area (Å²) in [5.74, 6) is 2.26. The van der Waals surface area contributed by atoms with Gasteiger partial charge in [-0.05, 0) is 24.6 Å². The number of nitrogens with zero attached hydrogens (tertiary/aromatic N) is 1. The Morgan fingerprint density at radius 1 is 1.11 bits per heavy atom. The molecule has 0 amide bonds. The SMILES string of the molecule is CCN1CCc2c(cc(OC)c(OC)c2OC)C1. The molecule has 0 spiro atoms. The van der Waals surface area contributed by atoms with Crippen LogP contribution in [0.25, 0.3) is 0 Å². The van der Waals surface area contributed by atoms with E-state index >= 15 is 0 Å². The van der Waals surface area contributed by atoms with Gasteiger partial charge in [-0.3, -0.25) is 4.90 Å². The minimum atomic E-state index is 0.698. The van der Waals surface area contributed by atoms with Crippen LogP contribution in [0.2, 0.25) is 0 Å². The first-order valence-electron chi connectivity index (χ1n) is 6.28. The number of hydrogen-bond donors (Lipinski definition) is 0. The van der Waals surface area contributed by atoms with E-state index in [4.69, 9.17) is 14.2 Å². The maximum absolute atomic E-state index is 5.52. The Morgan fingerprint density at radius 3 is 2.39 bits per heavy atom. The molecule has 2 rings (SSSR count). The molecule has 100 valence electrons. The van der Waals surface area contributed by atoms with Crippen LogP contribution in [-0.4, -0.2) is 39.3 Å². The molecule has 0 aromatic heterocycles. The third kappa shape index (κ3) is 2.12. The van der Waals surface area contributed by atoms with Gasteiger partial charge >= 0.3 is 0 Å². The zero-order chi connectivity index (χ0) is 13.1. The highest BCUT2D eigenvalue weighted by Crippen LogP contribution is 2.43. The van der Waals surface area contributed by atoms with E-state index in [1.165, 1.54) is 11.1 Å². The van der Waals surface area contributed by atoms with Crippen LogP contribution in [0.4, 0.5) is 0 Å². The minimum Gasteiger partial charge on any atom is -0.493 e. The second kappa shape index (κ2) is 5.48. The molecule has 0 unspecified atom stereocenters. The number of methoxy groups -OCH3 is 3. The first-order valence-corrected chi connectivity index (χ1v) is 6.28. The number of benzene rings is 1. The van der Waals surface area contributed by atoms with Crippen LogP contribution < -0.4 is 14.2 Å². The average Bonchev–Trinajstić information content (AvgIpc) is 2.44. The molecule has 1 aromatic rings. The predicted molar refractivity (Wildman–Crippen MR) is 70.8 cm³/mol. The van der Waals surface area contributed by atoms with Gasteiger partial charge in [-0.2, -0.15) is 0 Å². The Bertz CT molecular complexity index is 432. The zero-order valence-corrected chi connectivity index (χ0v) is 11.6. The molecule has 0 saturated heterocycles. The molecular weight excluding hydrogens is 230 g/mol. The molecular formula is C14H21NO3. The van der Waals surface area contributed by atoms with Gasteiger partial charge in [0.1, 0.15) is 0 Å². The molecule has 1 aromatic carbocycles. The monoisotopic (exact) mass is 251 g/mol. The van der Waals surface area contributed by atoms with Crippen LogP contribution in [0.3, 0.4) is 0 Å². The Balaban J connectivity index is 2.50. The highest BCUT2D eigenvalue weighted by molar-refractivity contribution is 5.59. The lowest BCUT2D eigenvalue weighted by molar-refractivity contribution is 0.259. The lowest BCUT2D eigenvalue weighted by atomic mass is 9.97. The highest BCUT2D eigenvalue weighted by atomic mass is 16.5. The van der Waals surface area contributed by atoms with Gasteiger partial charge in [-0.15, -0.1) is 0 Å². The fourth-order valence-corrected chi connectivity index (χ4v) is 2.54. The summed E-state index contributed by atoms with van der Waals surface area (Å²) in [6.45, 7) is 5.26. The number of hydrogen-bond acceptors (Lipinski definition) is 4. The van der Waals surface area contributed by atoms with Gasteiger partial charge in [0, 0.05) is 18.7 Å². The van der Waals surface area contributed by atoms with Gasteiger partial charge in [0.05, 0.1) is 21.3 Å². The lowest BCUT2D eigenvalue weighted by Gasteiger charge is -2.29. The van der Waals surface area contributed by atoms with Gasteiger partial charge < -0.3 is 14.2 Å². The summed E-state index contributed by atoms with van der Waals surface area (Å²) in [6.07, 6.45) is 0.993. The standard InChI is InChI=1S/C14H21NO3/c1-5-15-7-6-11-10(9-15)8-12(16-2)14(18-4)13(11)17-3/h8H,5-7,9H2,1-4H3. The van der Waals surface area contributed by atoms with Crippen molar-refractivity contribution in [1.82, 2.24) is 4.90 Å². The summed E-state index contributed by atoms with van der Waals surface area (Å²) in [5.41, 5.74) is 2.53. The number of likely N-dealkylation sites (N-methyl/N-ethyl adjacent to an activating group) is 1. The summed E-state index contributed by atoms with van der Waals surface area (Å²) in [7, 11) is 4.99. The van der Waals surface area contributed by atoms with Crippen molar-refractivity contribution in [3.8, 4) is 17.2 Å². The molecule has 0 radical (unpaired) electrons. The van der Waals surface area contributed by atoms with Crippen molar-refractivity contribution in [2.45, 2.75) is 19.9 Å². The summed E-state index contributed by atoms with van der Waals surface area (Å²) in [5, 5.41) is 0. The van der Waals surface area contributed by atoms with Gasteiger partial charge in [0.2, 0.25) is 5.75 Å². The lowest BCUT2D eigenvalue weighted by Crippen LogP contribution is -2.30. The fourth-order valence-electron chi connectivity index (χ4n) is 2.54. The molecule has 0 bridgehead atoms. The van der Waals surface area contributed by atoms with E-state index in [2.05, 4.69) is 17.9 Å². The number of rotatable bonds is 4. The quantitative estimate of drug-likeness (QED) is 0.820. The molecule has 1 heterocycles. The molecule has 0 N–H and O–H groups in total. The van der Waals surface area contributed by atoms with Crippen molar-refractivity contribution in [3.63, 3.8) is 0 Å². The van der Waals surface area contributed by atoms with Crippen molar-refractivity contribution in [2.75, 3.05) is 34.4 Å². The molecule has 1 aliphatic rings. The summed E-state index contributed by atoms with van der Waals surface area (Å²) >= 11 is 0. The van der Waals surface area contributed by atoms with Crippen LogP contribution in [0.5, 0.6) is 17.2 Å². The molecule has 0 saturated carbocycles. The smallest absolute Gasteiger partial charge is 0.203 e. The van der Waals surface area contributed by atoms with E-state index in [0.29, 0.717) is 5.75 Å². The maximum atomic E-state index is 5.52. The highest BCUT2D eigenvalue weighted by Gasteiger charge is 2.24. The average molecular weight is 251 g/mol. The van der Waals surface area contributed by atoms with Crippen molar-refractivity contribution in [2.24, 2.45) is 0 Å². The Labute approximate surface area is 108 Å². The van der Waals surface area contributed by atoms with E-state index in [1.807, 2.05) is 0 Å². The minimum absolute atomic E-state index is 0.698. The van der Waals surface area contributed by atoms with Crippen LogP contribution >= 0.6 is 0 Å². The largest absolute Gasteiger partial charge is 0.493 e. The second-order valence-corrected chi connectivity index (χ2v) is 4.40. The van der Waals surface area contributed by atoms with Crippen LogP contribution in [0.15, 0.2) is 6.07 Å². The maximum Gasteiger partial charge on any atom is 0.203 e. The van der Waals surface area contributed by atoms with Crippen molar-refractivity contribution in [3.05, 3.63) is 17.2 Å². The second-order valence-electron chi connectivity index (χ2n) is 4.40. The topological polar surface area (TPSA) is 30.9 Å². The van der Waals surface area contributed by atoms with Crippen molar-refractivity contribution >= 4 is 0 Å². The first kappa shape index (κ1) is 13.0. The Morgan fingerprint density at radius 2 is 1.83 bits per heavy atom. The first-order chi connectivity index (χ1) is 8.74. The van der Waals surface area contributed by atoms with Gasteiger partial charge in [-0.1, -0.05) is 6.92 Å². The van der Waals surface area contributed by atoms with E-state index in [0.717, 1.165) is 37.6 Å². The third-order valence-corrected chi connectivity index (χ3v) is 3.54. The van der Waals surface area contributed by atoms with Crippen LogP contribution in [0, 0.1) is 0 Å². The van der Waals surface area contributed by atoms with Crippen LogP contribution in [0.1, 0.15) is 18.1 Å². The molecule has 4 heteroatoms. The number of fused-ring (bicyclic) bond motifs is 1. The number of ether oxygens (including phenoxy) is 3. The van der Waals surface area contributed by atoms with E-state index < -0.39 is 0 Å².